The van der Waals surface area contributed by atoms with Crippen LogP contribution in [0.2, 0.25) is 0 Å². The van der Waals surface area contributed by atoms with Crippen LogP contribution in [-0.2, 0) is 4.79 Å². The van der Waals surface area contributed by atoms with Crippen LogP contribution < -0.4 is 10.2 Å². The molecule has 0 spiro atoms. The third-order valence-corrected chi connectivity index (χ3v) is 6.59. The Morgan fingerprint density at radius 2 is 1.91 bits per heavy atom. The molecule has 1 aliphatic carbocycles. The minimum Gasteiger partial charge on any atom is -0.356 e. The third kappa shape index (κ3) is 4.38. The van der Waals surface area contributed by atoms with Crippen molar-refractivity contribution < 1.29 is 9.32 Å². The van der Waals surface area contributed by atoms with Gasteiger partial charge in [-0.3, -0.25) is 4.79 Å². The summed E-state index contributed by atoms with van der Waals surface area (Å²) in [6.07, 6.45) is 8.14. The number of hydrogen-bond acceptors (Lipinski definition) is 6. The Kier molecular flexibility index (Phi) is 5.88. The van der Waals surface area contributed by atoms with Gasteiger partial charge < -0.3 is 14.7 Å². The average molecular weight is 432 g/mol. The monoisotopic (exact) mass is 431 g/mol. The van der Waals surface area contributed by atoms with Crippen LogP contribution in [0.1, 0.15) is 44.1 Å². The van der Waals surface area contributed by atoms with Gasteiger partial charge in [-0.1, -0.05) is 41.8 Å². The molecule has 7 nitrogen and oxygen atoms in total. The molecule has 0 unspecified atom stereocenters. The van der Waals surface area contributed by atoms with Crippen molar-refractivity contribution in [3.8, 4) is 22.8 Å². The summed E-state index contributed by atoms with van der Waals surface area (Å²) in [6, 6.07) is 12.3. The van der Waals surface area contributed by atoms with Crippen LogP contribution in [0, 0.1) is 12.8 Å². The lowest BCUT2D eigenvalue weighted by atomic mass is 9.95. The van der Waals surface area contributed by atoms with E-state index in [1.54, 1.807) is 6.20 Å². The Hall–Kier alpha value is -3.22. The highest BCUT2D eigenvalue weighted by Gasteiger charge is 2.29. The Bertz CT molecular complexity index is 1080. The van der Waals surface area contributed by atoms with Crippen LogP contribution in [0.3, 0.4) is 0 Å². The number of aromatic nitrogens is 3. The summed E-state index contributed by atoms with van der Waals surface area (Å²) in [5.74, 6) is 2.17. The van der Waals surface area contributed by atoms with E-state index >= 15 is 0 Å². The first kappa shape index (κ1) is 20.7. The summed E-state index contributed by atoms with van der Waals surface area (Å²) in [7, 11) is 0. The Morgan fingerprint density at radius 3 is 2.69 bits per heavy atom. The zero-order chi connectivity index (χ0) is 21.9. The number of nitrogens with zero attached hydrogens (tertiary/aromatic N) is 4. The molecule has 1 N–H and O–H groups in total. The maximum Gasteiger partial charge on any atom is 0.261 e. The molecule has 2 aromatic heterocycles. The molecule has 1 saturated heterocycles. The summed E-state index contributed by atoms with van der Waals surface area (Å²) in [5.41, 5.74) is 2.91. The molecular formula is C25H29N5O2. The van der Waals surface area contributed by atoms with Crippen molar-refractivity contribution in [3.63, 3.8) is 0 Å². The van der Waals surface area contributed by atoms with Crippen LogP contribution >= 0.6 is 0 Å². The van der Waals surface area contributed by atoms with Crippen LogP contribution in [0.5, 0.6) is 0 Å². The molecule has 1 amide bonds. The molecule has 3 heterocycles. The number of carbonyl (C=O) groups is 1. The first-order valence-electron chi connectivity index (χ1n) is 11.6. The average Bonchev–Trinajstić information content (AvgIpc) is 3.52. The Morgan fingerprint density at radius 1 is 1.09 bits per heavy atom. The van der Waals surface area contributed by atoms with Crippen molar-refractivity contribution in [1.82, 2.24) is 20.4 Å². The van der Waals surface area contributed by atoms with Crippen molar-refractivity contribution in [3.05, 3.63) is 48.2 Å². The summed E-state index contributed by atoms with van der Waals surface area (Å²) >= 11 is 0. The number of rotatable bonds is 5. The second-order valence-corrected chi connectivity index (χ2v) is 8.92. The zero-order valence-corrected chi connectivity index (χ0v) is 18.5. The van der Waals surface area contributed by atoms with Crippen LogP contribution in [-0.4, -0.2) is 40.2 Å². The molecule has 0 bridgehead atoms. The molecule has 5 rings (SSSR count). The molecule has 32 heavy (non-hydrogen) atoms. The molecule has 3 aromatic rings. The second-order valence-electron chi connectivity index (χ2n) is 8.92. The van der Waals surface area contributed by atoms with E-state index in [-0.39, 0.29) is 11.8 Å². The van der Waals surface area contributed by atoms with E-state index in [0.29, 0.717) is 17.8 Å². The summed E-state index contributed by atoms with van der Waals surface area (Å²) in [4.78, 5) is 24.2. The predicted octanol–water partition coefficient (Wildman–Crippen LogP) is 4.38. The minimum atomic E-state index is 0.0790. The van der Waals surface area contributed by atoms with E-state index < -0.39 is 0 Å². The number of piperidine rings is 1. The number of amides is 1. The van der Waals surface area contributed by atoms with Crippen molar-refractivity contribution >= 4 is 11.7 Å². The second kappa shape index (κ2) is 9.10. The van der Waals surface area contributed by atoms with E-state index in [4.69, 9.17) is 4.52 Å². The molecule has 1 aromatic carbocycles. The van der Waals surface area contributed by atoms with Gasteiger partial charge in [-0.15, -0.1) is 0 Å². The maximum atomic E-state index is 12.7. The molecule has 166 valence electrons. The molecule has 2 fully saturated rings. The fraction of sp³-hybridized carbons (Fsp3) is 0.440. The lowest BCUT2D eigenvalue weighted by Gasteiger charge is -2.33. The molecular weight excluding hydrogens is 402 g/mol. The fourth-order valence-corrected chi connectivity index (χ4v) is 4.79. The number of benzene rings is 1. The minimum absolute atomic E-state index is 0.0790. The van der Waals surface area contributed by atoms with E-state index in [9.17, 15) is 4.79 Å². The number of pyridine rings is 1. The van der Waals surface area contributed by atoms with Gasteiger partial charge in [0.2, 0.25) is 11.7 Å². The van der Waals surface area contributed by atoms with Gasteiger partial charge >= 0.3 is 0 Å². The van der Waals surface area contributed by atoms with Crippen molar-refractivity contribution in [2.45, 2.75) is 51.5 Å². The van der Waals surface area contributed by atoms with Crippen LogP contribution in [0.4, 0.5) is 5.82 Å². The van der Waals surface area contributed by atoms with Crippen molar-refractivity contribution in [2.75, 3.05) is 18.0 Å². The summed E-state index contributed by atoms with van der Waals surface area (Å²) in [5, 5.41) is 7.45. The zero-order valence-electron chi connectivity index (χ0n) is 18.5. The molecule has 1 saturated carbocycles. The summed E-state index contributed by atoms with van der Waals surface area (Å²) < 4.78 is 5.62. The Labute approximate surface area is 188 Å². The van der Waals surface area contributed by atoms with Crippen LogP contribution in [0.25, 0.3) is 22.8 Å². The van der Waals surface area contributed by atoms with Crippen molar-refractivity contribution in [2.24, 2.45) is 5.92 Å². The first-order valence-corrected chi connectivity index (χ1v) is 11.6. The van der Waals surface area contributed by atoms with Crippen LogP contribution in [0.15, 0.2) is 47.1 Å². The molecule has 0 atom stereocenters. The Balaban J connectivity index is 1.29. The van der Waals surface area contributed by atoms with Gasteiger partial charge in [0.25, 0.3) is 5.89 Å². The first-order chi connectivity index (χ1) is 15.7. The molecule has 2 aliphatic rings. The van der Waals surface area contributed by atoms with Crippen molar-refractivity contribution in [1.29, 1.82) is 0 Å². The lowest BCUT2D eigenvalue weighted by Crippen LogP contribution is -2.43. The number of anilines is 1. The fourth-order valence-electron chi connectivity index (χ4n) is 4.79. The van der Waals surface area contributed by atoms with Gasteiger partial charge in [-0.25, -0.2) is 4.98 Å². The maximum absolute atomic E-state index is 12.7. The number of hydrogen-bond donors (Lipinski definition) is 1. The van der Waals surface area contributed by atoms with E-state index in [2.05, 4.69) is 25.3 Å². The number of aryl methyl sites for hydroxylation is 1. The van der Waals surface area contributed by atoms with Gasteiger partial charge in [0, 0.05) is 36.8 Å². The normalized spacial score (nSPS) is 17.6. The highest BCUT2D eigenvalue weighted by Crippen LogP contribution is 2.32. The third-order valence-electron chi connectivity index (χ3n) is 6.59. The van der Waals surface area contributed by atoms with Gasteiger partial charge in [0.1, 0.15) is 5.82 Å². The largest absolute Gasteiger partial charge is 0.356 e. The molecule has 0 radical (unpaired) electrons. The van der Waals surface area contributed by atoms with Gasteiger partial charge in [0.05, 0.1) is 5.56 Å². The SMILES string of the molecule is Cc1cccc(-c2noc(-c3cccnc3N3CCC(C(=O)NC4CCCC4)CC3)n2)c1. The number of nitrogens with one attached hydrogen (secondary N) is 1. The molecule has 1 aliphatic heterocycles. The standard InChI is InChI=1S/C25H29N5O2/c1-17-6-4-7-19(16-17)22-28-25(32-29-22)21-10-5-13-26-23(21)30-14-11-18(12-15-30)24(31)27-20-8-2-3-9-20/h4-7,10,13,16,18,20H,2-3,8-9,11-12,14-15H2,1H3,(H,27,31). The van der Waals surface area contributed by atoms with Gasteiger partial charge in [-0.2, -0.15) is 4.98 Å². The smallest absolute Gasteiger partial charge is 0.261 e. The highest BCUT2D eigenvalue weighted by molar-refractivity contribution is 5.79. The van der Waals surface area contributed by atoms with Gasteiger partial charge in [0.15, 0.2) is 0 Å². The van der Waals surface area contributed by atoms with E-state index in [1.165, 1.54) is 12.8 Å². The quantitative estimate of drug-likeness (QED) is 0.645. The highest BCUT2D eigenvalue weighted by atomic mass is 16.5. The lowest BCUT2D eigenvalue weighted by molar-refractivity contribution is -0.126. The predicted molar refractivity (Wildman–Crippen MR) is 123 cm³/mol. The topological polar surface area (TPSA) is 84.2 Å². The molecule has 7 heteroatoms. The number of carbonyl (C=O) groups excluding carboxylic acids is 1. The van der Waals surface area contributed by atoms with E-state index in [1.807, 2.05) is 43.3 Å². The van der Waals surface area contributed by atoms with E-state index in [0.717, 1.165) is 61.3 Å². The summed E-state index contributed by atoms with van der Waals surface area (Å²) in [6.45, 7) is 3.61. The van der Waals surface area contributed by atoms with Gasteiger partial charge in [-0.05, 0) is 50.8 Å².